The molecule has 1 aliphatic heterocycles. The summed E-state index contributed by atoms with van der Waals surface area (Å²) in [6.45, 7) is 5.89. The third-order valence-electron chi connectivity index (χ3n) is 3.99. The van der Waals surface area contributed by atoms with Gasteiger partial charge < -0.3 is 10.2 Å². The van der Waals surface area contributed by atoms with Gasteiger partial charge in [0.1, 0.15) is 0 Å². The monoisotopic (exact) mass is 275 g/mol. The lowest BCUT2D eigenvalue weighted by atomic mass is 10.2. The second kappa shape index (κ2) is 8.40. The van der Waals surface area contributed by atoms with Crippen LogP contribution < -0.4 is 5.32 Å². The largest absolute Gasteiger partial charge is 0.313 e. The van der Waals surface area contributed by atoms with Crippen LogP contribution in [0, 0.1) is 0 Å². The van der Waals surface area contributed by atoms with Gasteiger partial charge in [-0.3, -0.25) is 4.90 Å². The Morgan fingerprint density at radius 2 is 2.00 bits per heavy atom. The van der Waals surface area contributed by atoms with Crippen molar-refractivity contribution in [3.63, 3.8) is 0 Å². The molecule has 1 aliphatic rings. The van der Waals surface area contributed by atoms with E-state index in [1.54, 1.807) is 0 Å². The molecular weight excluding hydrogens is 246 g/mol. The first-order valence-corrected chi connectivity index (χ1v) is 7.88. The molecule has 1 atom stereocenters. The van der Waals surface area contributed by atoms with Crippen LogP contribution in [0.4, 0.5) is 0 Å². The zero-order valence-electron chi connectivity index (χ0n) is 13.0. The normalized spacial score (nSPS) is 19.9. The van der Waals surface area contributed by atoms with Crippen LogP contribution in [0.25, 0.3) is 0 Å². The number of nitrogens with zero attached hydrogens (tertiary/aromatic N) is 2. The Kier molecular flexibility index (Phi) is 6.51. The molecule has 1 saturated heterocycles. The summed E-state index contributed by atoms with van der Waals surface area (Å²) >= 11 is 0. The Balaban J connectivity index is 1.58. The van der Waals surface area contributed by atoms with E-state index in [4.69, 9.17) is 0 Å². The molecule has 0 spiro atoms. The first-order chi connectivity index (χ1) is 9.74. The molecule has 1 fully saturated rings. The van der Waals surface area contributed by atoms with E-state index in [0.717, 1.165) is 13.1 Å². The molecule has 112 valence electrons. The van der Waals surface area contributed by atoms with Crippen LogP contribution >= 0.6 is 0 Å². The fraction of sp³-hybridized carbons (Fsp3) is 0.647. The van der Waals surface area contributed by atoms with Gasteiger partial charge in [0.25, 0.3) is 0 Å². The lowest BCUT2D eigenvalue weighted by molar-refractivity contribution is 0.319. The molecule has 3 heteroatoms. The molecule has 1 unspecified atom stereocenters. The van der Waals surface area contributed by atoms with Gasteiger partial charge in [0, 0.05) is 25.7 Å². The summed E-state index contributed by atoms with van der Waals surface area (Å²) in [7, 11) is 4.29. The lowest BCUT2D eigenvalue weighted by Crippen LogP contribution is -2.33. The van der Waals surface area contributed by atoms with Crippen LogP contribution in [0.5, 0.6) is 0 Å². The van der Waals surface area contributed by atoms with E-state index in [9.17, 15) is 0 Å². The maximum Gasteiger partial charge on any atom is 0.0234 e. The quantitative estimate of drug-likeness (QED) is 0.734. The number of rotatable bonds is 8. The van der Waals surface area contributed by atoms with Gasteiger partial charge in [-0.05, 0) is 52.0 Å². The predicted octanol–water partition coefficient (Wildman–Crippen LogP) is 2.19. The second-order valence-corrected chi connectivity index (χ2v) is 6.17. The maximum absolute atomic E-state index is 3.71. The minimum Gasteiger partial charge on any atom is -0.313 e. The highest BCUT2D eigenvalue weighted by Gasteiger charge is 2.21. The minimum atomic E-state index is 0.693. The molecule has 1 aromatic rings. The van der Waals surface area contributed by atoms with Crippen molar-refractivity contribution < 1.29 is 0 Å². The molecular formula is C17H29N3. The Hall–Kier alpha value is -0.900. The summed E-state index contributed by atoms with van der Waals surface area (Å²) in [4.78, 5) is 4.82. The van der Waals surface area contributed by atoms with Gasteiger partial charge in [0.2, 0.25) is 0 Å². The Morgan fingerprint density at radius 3 is 2.75 bits per heavy atom. The van der Waals surface area contributed by atoms with Crippen LogP contribution in [0.15, 0.2) is 30.3 Å². The maximum atomic E-state index is 3.71. The average molecular weight is 275 g/mol. The number of hydrogen-bond acceptors (Lipinski definition) is 3. The van der Waals surface area contributed by atoms with Crippen molar-refractivity contribution in [1.82, 2.24) is 15.1 Å². The summed E-state index contributed by atoms with van der Waals surface area (Å²) in [5.41, 5.74) is 1.43. The molecule has 0 saturated carbocycles. The third kappa shape index (κ3) is 5.61. The van der Waals surface area contributed by atoms with Gasteiger partial charge in [0.15, 0.2) is 0 Å². The molecule has 2 rings (SSSR count). The third-order valence-corrected chi connectivity index (χ3v) is 3.99. The van der Waals surface area contributed by atoms with Gasteiger partial charge in [-0.2, -0.15) is 0 Å². The summed E-state index contributed by atoms with van der Waals surface area (Å²) in [5.74, 6) is 0. The van der Waals surface area contributed by atoms with E-state index in [2.05, 4.69) is 59.5 Å². The average Bonchev–Trinajstić information content (AvgIpc) is 2.87. The number of nitrogens with one attached hydrogen (secondary N) is 1. The highest BCUT2D eigenvalue weighted by Crippen LogP contribution is 2.13. The molecule has 0 radical (unpaired) electrons. The molecule has 0 bridgehead atoms. The standard InChI is InChI=1S/C17H29N3/c1-19(2)12-7-6-11-18-17-10-13-20(15-17)14-16-8-4-3-5-9-16/h3-5,8-9,17-18H,6-7,10-15H2,1-2H3. The lowest BCUT2D eigenvalue weighted by Gasteiger charge is -2.17. The number of benzene rings is 1. The topological polar surface area (TPSA) is 18.5 Å². The predicted molar refractivity (Wildman–Crippen MR) is 85.9 cm³/mol. The van der Waals surface area contributed by atoms with Crippen molar-refractivity contribution in [2.24, 2.45) is 0 Å². The van der Waals surface area contributed by atoms with E-state index in [-0.39, 0.29) is 0 Å². The van der Waals surface area contributed by atoms with E-state index < -0.39 is 0 Å². The highest BCUT2D eigenvalue weighted by atomic mass is 15.2. The Bertz CT molecular complexity index is 364. The summed E-state index contributed by atoms with van der Waals surface area (Å²) in [5, 5.41) is 3.71. The van der Waals surface area contributed by atoms with E-state index in [1.165, 1.54) is 44.5 Å². The van der Waals surface area contributed by atoms with Crippen molar-refractivity contribution >= 4 is 0 Å². The molecule has 0 amide bonds. The van der Waals surface area contributed by atoms with Crippen LogP contribution in [0.3, 0.4) is 0 Å². The first kappa shape index (κ1) is 15.5. The molecule has 20 heavy (non-hydrogen) atoms. The minimum absolute atomic E-state index is 0.693. The van der Waals surface area contributed by atoms with Gasteiger partial charge >= 0.3 is 0 Å². The van der Waals surface area contributed by atoms with E-state index >= 15 is 0 Å². The fourth-order valence-electron chi connectivity index (χ4n) is 2.84. The van der Waals surface area contributed by atoms with Gasteiger partial charge in [-0.25, -0.2) is 0 Å². The summed E-state index contributed by atoms with van der Waals surface area (Å²) in [6.07, 6.45) is 3.87. The molecule has 0 aromatic heterocycles. The highest BCUT2D eigenvalue weighted by molar-refractivity contribution is 5.14. The van der Waals surface area contributed by atoms with Crippen LogP contribution in [-0.4, -0.2) is 56.1 Å². The smallest absolute Gasteiger partial charge is 0.0234 e. The zero-order chi connectivity index (χ0) is 14.2. The Morgan fingerprint density at radius 1 is 1.20 bits per heavy atom. The number of unbranched alkanes of at least 4 members (excludes halogenated alkanes) is 1. The first-order valence-electron chi connectivity index (χ1n) is 7.88. The van der Waals surface area contributed by atoms with Gasteiger partial charge in [-0.1, -0.05) is 30.3 Å². The van der Waals surface area contributed by atoms with Crippen molar-refractivity contribution in [1.29, 1.82) is 0 Å². The van der Waals surface area contributed by atoms with Crippen LogP contribution in [-0.2, 0) is 6.54 Å². The van der Waals surface area contributed by atoms with Crippen molar-refractivity contribution in [3.05, 3.63) is 35.9 Å². The number of likely N-dealkylation sites (tertiary alicyclic amines) is 1. The van der Waals surface area contributed by atoms with E-state index in [0.29, 0.717) is 6.04 Å². The molecule has 0 aliphatic carbocycles. The number of hydrogen-bond donors (Lipinski definition) is 1. The van der Waals surface area contributed by atoms with Crippen molar-refractivity contribution in [2.45, 2.75) is 31.8 Å². The summed E-state index contributed by atoms with van der Waals surface area (Å²) in [6, 6.07) is 11.5. The molecule has 1 heterocycles. The molecule has 1 N–H and O–H groups in total. The fourth-order valence-corrected chi connectivity index (χ4v) is 2.84. The van der Waals surface area contributed by atoms with Crippen LogP contribution in [0.1, 0.15) is 24.8 Å². The SMILES string of the molecule is CN(C)CCCCNC1CCN(Cc2ccccc2)C1. The van der Waals surface area contributed by atoms with Crippen LogP contribution in [0.2, 0.25) is 0 Å². The zero-order valence-corrected chi connectivity index (χ0v) is 13.0. The summed E-state index contributed by atoms with van der Waals surface area (Å²) < 4.78 is 0. The second-order valence-electron chi connectivity index (χ2n) is 6.17. The Labute approximate surface area is 124 Å². The molecule has 3 nitrogen and oxygen atoms in total. The van der Waals surface area contributed by atoms with E-state index in [1.807, 2.05) is 0 Å². The molecule has 1 aromatic carbocycles. The van der Waals surface area contributed by atoms with Gasteiger partial charge in [0.05, 0.1) is 0 Å². The van der Waals surface area contributed by atoms with Gasteiger partial charge in [-0.15, -0.1) is 0 Å². The van der Waals surface area contributed by atoms with Crippen molar-refractivity contribution in [2.75, 3.05) is 40.3 Å². The van der Waals surface area contributed by atoms with Crippen molar-refractivity contribution in [3.8, 4) is 0 Å².